The van der Waals surface area contributed by atoms with Gasteiger partial charge < -0.3 is 15.4 Å². The molecule has 0 saturated heterocycles. The summed E-state index contributed by atoms with van der Waals surface area (Å²) in [5, 5.41) is 6.35. The van der Waals surface area contributed by atoms with Crippen molar-refractivity contribution in [2.45, 2.75) is 46.1 Å². The van der Waals surface area contributed by atoms with Gasteiger partial charge in [-0.3, -0.25) is 0 Å². The molecule has 2 N–H and O–H groups in total. The van der Waals surface area contributed by atoms with Crippen LogP contribution in [-0.2, 0) is 6.54 Å². The van der Waals surface area contributed by atoms with E-state index in [0.717, 1.165) is 36.0 Å². The van der Waals surface area contributed by atoms with E-state index < -0.39 is 0 Å². The number of benzene rings is 1. The van der Waals surface area contributed by atoms with Crippen LogP contribution in [-0.4, -0.2) is 23.6 Å². The molecule has 0 bridgehead atoms. The van der Waals surface area contributed by atoms with Gasteiger partial charge in [0.2, 0.25) is 0 Å². The highest BCUT2D eigenvalue weighted by atomic mass is 16.5. The molecule has 130 valence electrons. The predicted octanol–water partition coefficient (Wildman–Crippen LogP) is 4.40. The lowest BCUT2D eigenvalue weighted by Crippen LogP contribution is -2.06. The van der Waals surface area contributed by atoms with E-state index in [1.165, 1.54) is 24.8 Å². The molecule has 0 aliphatic rings. The van der Waals surface area contributed by atoms with Gasteiger partial charge in [0.1, 0.15) is 23.7 Å². The van der Waals surface area contributed by atoms with E-state index >= 15 is 0 Å². The Kier molecular flexibility index (Phi) is 7.33. The molecule has 0 amide bonds. The Balaban J connectivity index is 1.95. The minimum absolute atomic E-state index is 0.671. The SMILES string of the molecule is CCCCCCOc1cc(C)ccc1CNc1cc(NC)ncn1. The molecule has 2 rings (SSSR count). The standard InChI is InChI=1S/C19H28N4O/c1-4-5-6-7-10-24-17-11-15(2)8-9-16(17)13-21-19-12-18(20-3)22-14-23-19/h8-9,11-12,14H,4-7,10,13H2,1-3H3,(H2,20,21,22,23). The highest BCUT2D eigenvalue weighted by molar-refractivity contribution is 5.47. The molecule has 0 spiro atoms. The molecule has 0 radical (unpaired) electrons. The number of aryl methyl sites for hydroxylation is 1. The lowest BCUT2D eigenvalue weighted by atomic mass is 10.1. The smallest absolute Gasteiger partial charge is 0.131 e. The van der Waals surface area contributed by atoms with Crippen molar-refractivity contribution in [3.63, 3.8) is 0 Å². The van der Waals surface area contributed by atoms with Crippen LogP contribution in [0.4, 0.5) is 11.6 Å². The molecule has 5 nitrogen and oxygen atoms in total. The Morgan fingerprint density at radius 3 is 2.67 bits per heavy atom. The van der Waals surface area contributed by atoms with Crippen LogP contribution in [0.1, 0.15) is 43.7 Å². The van der Waals surface area contributed by atoms with Crippen molar-refractivity contribution in [2.75, 3.05) is 24.3 Å². The highest BCUT2D eigenvalue weighted by Crippen LogP contribution is 2.22. The van der Waals surface area contributed by atoms with Gasteiger partial charge in [0.05, 0.1) is 6.61 Å². The molecule has 0 aliphatic carbocycles. The van der Waals surface area contributed by atoms with Crippen LogP contribution in [0.2, 0.25) is 0 Å². The summed E-state index contributed by atoms with van der Waals surface area (Å²) >= 11 is 0. The highest BCUT2D eigenvalue weighted by Gasteiger charge is 2.05. The van der Waals surface area contributed by atoms with Gasteiger partial charge in [0, 0.05) is 25.2 Å². The van der Waals surface area contributed by atoms with Crippen LogP contribution in [0.15, 0.2) is 30.6 Å². The predicted molar refractivity (Wildman–Crippen MR) is 99.7 cm³/mol. The molecule has 24 heavy (non-hydrogen) atoms. The Labute approximate surface area is 144 Å². The summed E-state index contributed by atoms with van der Waals surface area (Å²) in [5.41, 5.74) is 2.35. The maximum atomic E-state index is 6.01. The van der Waals surface area contributed by atoms with E-state index in [0.29, 0.717) is 6.54 Å². The molecular weight excluding hydrogens is 300 g/mol. The summed E-state index contributed by atoms with van der Waals surface area (Å²) in [5.74, 6) is 2.55. The summed E-state index contributed by atoms with van der Waals surface area (Å²) in [4.78, 5) is 8.36. The number of rotatable bonds is 10. The van der Waals surface area contributed by atoms with Crippen molar-refractivity contribution in [1.82, 2.24) is 9.97 Å². The van der Waals surface area contributed by atoms with Gasteiger partial charge in [-0.1, -0.05) is 38.3 Å². The molecule has 0 aliphatic heterocycles. The summed E-state index contributed by atoms with van der Waals surface area (Å²) in [6.07, 6.45) is 6.39. The molecule has 2 aromatic rings. The van der Waals surface area contributed by atoms with Gasteiger partial charge in [-0.15, -0.1) is 0 Å². The average molecular weight is 328 g/mol. The summed E-state index contributed by atoms with van der Waals surface area (Å²) in [7, 11) is 1.84. The Morgan fingerprint density at radius 1 is 1.04 bits per heavy atom. The second kappa shape index (κ2) is 9.75. The second-order valence-corrected chi connectivity index (χ2v) is 5.91. The third-order valence-electron chi connectivity index (χ3n) is 3.86. The van der Waals surface area contributed by atoms with E-state index in [4.69, 9.17) is 4.74 Å². The fraction of sp³-hybridized carbons (Fsp3) is 0.474. The molecule has 1 aromatic carbocycles. The van der Waals surface area contributed by atoms with Gasteiger partial charge in [-0.2, -0.15) is 0 Å². The molecule has 5 heteroatoms. The van der Waals surface area contributed by atoms with Crippen molar-refractivity contribution in [2.24, 2.45) is 0 Å². The molecule has 0 atom stereocenters. The minimum atomic E-state index is 0.671. The largest absolute Gasteiger partial charge is 0.493 e. The summed E-state index contributed by atoms with van der Waals surface area (Å²) in [6.45, 7) is 5.75. The number of unbranched alkanes of at least 4 members (excludes halogenated alkanes) is 3. The zero-order valence-corrected chi connectivity index (χ0v) is 14.9. The van der Waals surface area contributed by atoms with Crippen molar-refractivity contribution >= 4 is 11.6 Å². The minimum Gasteiger partial charge on any atom is -0.493 e. The number of hydrogen-bond donors (Lipinski definition) is 2. The first-order valence-corrected chi connectivity index (χ1v) is 8.69. The van der Waals surface area contributed by atoms with Crippen LogP contribution < -0.4 is 15.4 Å². The van der Waals surface area contributed by atoms with E-state index in [1.54, 1.807) is 6.33 Å². The number of aromatic nitrogens is 2. The van der Waals surface area contributed by atoms with Crippen molar-refractivity contribution in [3.05, 3.63) is 41.7 Å². The number of nitrogens with zero attached hydrogens (tertiary/aromatic N) is 2. The quantitative estimate of drug-likeness (QED) is 0.633. The Bertz CT molecular complexity index is 631. The molecule has 1 heterocycles. The zero-order chi connectivity index (χ0) is 17.2. The molecule has 0 unspecified atom stereocenters. The summed E-state index contributed by atoms with van der Waals surface area (Å²) < 4.78 is 6.01. The Morgan fingerprint density at radius 2 is 1.88 bits per heavy atom. The normalized spacial score (nSPS) is 10.5. The molecule has 0 saturated carbocycles. The average Bonchev–Trinajstić information content (AvgIpc) is 2.61. The van der Waals surface area contributed by atoms with Crippen molar-refractivity contribution < 1.29 is 4.74 Å². The van der Waals surface area contributed by atoms with Gasteiger partial charge in [-0.25, -0.2) is 9.97 Å². The van der Waals surface area contributed by atoms with Crippen LogP contribution in [0.5, 0.6) is 5.75 Å². The van der Waals surface area contributed by atoms with Crippen LogP contribution in [0, 0.1) is 6.92 Å². The van der Waals surface area contributed by atoms with Crippen LogP contribution >= 0.6 is 0 Å². The van der Waals surface area contributed by atoms with Gasteiger partial charge >= 0.3 is 0 Å². The lowest BCUT2D eigenvalue weighted by molar-refractivity contribution is 0.302. The van der Waals surface area contributed by atoms with E-state index in [2.05, 4.69) is 52.6 Å². The first-order valence-electron chi connectivity index (χ1n) is 8.69. The third kappa shape index (κ3) is 5.72. The van der Waals surface area contributed by atoms with Gasteiger partial charge in [-0.05, 0) is 25.0 Å². The van der Waals surface area contributed by atoms with Gasteiger partial charge in [0.15, 0.2) is 0 Å². The molecule has 0 fully saturated rings. The lowest BCUT2D eigenvalue weighted by Gasteiger charge is -2.14. The number of nitrogens with one attached hydrogen (secondary N) is 2. The van der Waals surface area contributed by atoms with Crippen LogP contribution in [0.25, 0.3) is 0 Å². The molecular formula is C19H28N4O. The third-order valence-corrected chi connectivity index (χ3v) is 3.86. The summed E-state index contributed by atoms with van der Waals surface area (Å²) in [6, 6.07) is 8.22. The fourth-order valence-electron chi connectivity index (χ4n) is 2.43. The maximum Gasteiger partial charge on any atom is 0.131 e. The number of ether oxygens (including phenoxy) is 1. The first kappa shape index (κ1) is 18.0. The molecule has 1 aromatic heterocycles. The van der Waals surface area contributed by atoms with E-state index in [-0.39, 0.29) is 0 Å². The fourth-order valence-corrected chi connectivity index (χ4v) is 2.43. The monoisotopic (exact) mass is 328 g/mol. The topological polar surface area (TPSA) is 59.1 Å². The van der Waals surface area contributed by atoms with Crippen molar-refractivity contribution in [1.29, 1.82) is 0 Å². The second-order valence-electron chi connectivity index (χ2n) is 5.91. The van der Waals surface area contributed by atoms with Gasteiger partial charge in [0.25, 0.3) is 0 Å². The van der Waals surface area contributed by atoms with Crippen molar-refractivity contribution in [3.8, 4) is 5.75 Å². The number of anilines is 2. The Hall–Kier alpha value is -2.30. The number of hydrogen-bond acceptors (Lipinski definition) is 5. The first-order chi connectivity index (χ1) is 11.7. The zero-order valence-electron chi connectivity index (χ0n) is 14.9. The van der Waals surface area contributed by atoms with Crippen LogP contribution in [0.3, 0.4) is 0 Å². The maximum absolute atomic E-state index is 6.01. The van der Waals surface area contributed by atoms with E-state index in [9.17, 15) is 0 Å². The van der Waals surface area contributed by atoms with E-state index in [1.807, 2.05) is 13.1 Å².